The Hall–Kier alpha value is -1.60. The van der Waals surface area contributed by atoms with Gasteiger partial charge in [-0.3, -0.25) is 4.79 Å². The van der Waals surface area contributed by atoms with Gasteiger partial charge in [0.05, 0.1) is 26.2 Å². The molecule has 0 unspecified atom stereocenters. The number of sulfonamides is 1. The maximum absolute atomic E-state index is 12.6. The molecule has 0 fully saturated rings. The SMILES string of the molecule is Cc1cc(C)c(NC(=O)c2cc(S(=O)(=O)N(C)C)ccc2Cl)c(Cl)c1. The van der Waals surface area contributed by atoms with Crippen LogP contribution in [0.3, 0.4) is 0 Å². The molecule has 0 saturated heterocycles. The molecule has 0 heterocycles. The van der Waals surface area contributed by atoms with Gasteiger partial charge in [-0.1, -0.05) is 29.3 Å². The summed E-state index contributed by atoms with van der Waals surface area (Å²) in [5, 5.41) is 3.26. The monoisotopic (exact) mass is 400 g/mol. The molecule has 0 aromatic heterocycles. The van der Waals surface area contributed by atoms with Crippen LogP contribution in [-0.4, -0.2) is 32.7 Å². The molecule has 5 nitrogen and oxygen atoms in total. The predicted molar refractivity (Wildman–Crippen MR) is 101 cm³/mol. The lowest BCUT2D eigenvalue weighted by Crippen LogP contribution is -2.23. The number of nitrogens with zero attached hydrogens (tertiary/aromatic N) is 1. The molecule has 2 aromatic rings. The molecule has 0 aliphatic heterocycles. The summed E-state index contributed by atoms with van der Waals surface area (Å²) < 4.78 is 25.6. The van der Waals surface area contributed by atoms with Gasteiger partial charge in [-0.05, 0) is 49.2 Å². The van der Waals surface area contributed by atoms with Crippen molar-refractivity contribution in [2.75, 3.05) is 19.4 Å². The van der Waals surface area contributed by atoms with E-state index in [2.05, 4.69) is 5.32 Å². The molecule has 8 heteroatoms. The Morgan fingerprint density at radius 2 is 1.68 bits per heavy atom. The average Bonchev–Trinajstić information content (AvgIpc) is 2.50. The molecule has 2 rings (SSSR count). The molecular formula is C17H18Cl2N2O3S. The number of carbonyl (C=O) groups excluding carboxylic acids is 1. The zero-order valence-electron chi connectivity index (χ0n) is 14.2. The third kappa shape index (κ3) is 4.15. The number of aryl methyl sites for hydroxylation is 2. The normalized spacial score (nSPS) is 11.6. The first-order valence-corrected chi connectivity index (χ1v) is 9.54. The van der Waals surface area contributed by atoms with Crippen molar-refractivity contribution >= 4 is 44.8 Å². The summed E-state index contributed by atoms with van der Waals surface area (Å²) in [4.78, 5) is 12.6. The van der Waals surface area contributed by atoms with Crippen molar-refractivity contribution in [1.29, 1.82) is 0 Å². The van der Waals surface area contributed by atoms with Crippen molar-refractivity contribution in [3.63, 3.8) is 0 Å². The van der Waals surface area contributed by atoms with Gasteiger partial charge in [-0.2, -0.15) is 0 Å². The van der Waals surface area contributed by atoms with Crippen LogP contribution in [0, 0.1) is 13.8 Å². The number of nitrogens with one attached hydrogen (secondary N) is 1. The van der Waals surface area contributed by atoms with Crippen LogP contribution in [0.2, 0.25) is 10.0 Å². The maximum Gasteiger partial charge on any atom is 0.257 e. The van der Waals surface area contributed by atoms with Gasteiger partial charge in [-0.25, -0.2) is 12.7 Å². The summed E-state index contributed by atoms with van der Waals surface area (Å²) in [6.07, 6.45) is 0. The summed E-state index contributed by atoms with van der Waals surface area (Å²) in [5.74, 6) is -0.533. The minimum atomic E-state index is -3.68. The van der Waals surface area contributed by atoms with Crippen LogP contribution in [0.5, 0.6) is 0 Å². The highest BCUT2D eigenvalue weighted by Crippen LogP contribution is 2.29. The Morgan fingerprint density at radius 3 is 2.24 bits per heavy atom. The Kier molecular flexibility index (Phi) is 5.79. The quantitative estimate of drug-likeness (QED) is 0.839. The van der Waals surface area contributed by atoms with Gasteiger partial charge >= 0.3 is 0 Å². The van der Waals surface area contributed by atoms with E-state index in [-0.39, 0.29) is 15.5 Å². The van der Waals surface area contributed by atoms with Crippen molar-refractivity contribution in [3.05, 3.63) is 57.1 Å². The fraction of sp³-hybridized carbons (Fsp3) is 0.235. The van der Waals surface area contributed by atoms with Crippen LogP contribution in [0.4, 0.5) is 5.69 Å². The second-order valence-corrected chi connectivity index (χ2v) is 8.79. The average molecular weight is 401 g/mol. The third-order valence-corrected chi connectivity index (χ3v) is 6.07. The lowest BCUT2D eigenvalue weighted by atomic mass is 10.1. The Bertz CT molecular complexity index is 918. The van der Waals surface area contributed by atoms with E-state index in [1.807, 2.05) is 19.9 Å². The number of amides is 1. The van der Waals surface area contributed by atoms with E-state index in [1.54, 1.807) is 6.07 Å². The van der Waals surface area contributed by atoms with Crippen molar-refractivity contribution in [1.82, 2.24) is 4.31 Å². The first-order valence-electron chi connectivity index (χ1n) is 7.34. The molecule has 0 bridgehead atoms. The lowest BCUT2D eigenvalue weighted by molar-refractivity contribution is 0.102. The maximum atomic E-state index is 12.6. The minimum absolute atomic E-state index is 0.0150. The van der Waals surface area contributed by atoms with Crippen molar-refractivity contribution in [3.8, 4) is 0 Å². The molecule has 0 aliphatic rings. The standard InChI is InChI=1S/C17H18Cl2N2O3S/c1-10-7-11(2)16(15(19)8-10)20-17(22)13-9-12(5-6-14(13)18)25(23,24)21(3)4/h5-9H,1-4H3,(H,20,22). The summed E-state index contributed by atoms with van der Waals surface area (Å²) in [6.45, 7) is 3.72. The molecule has 1 amide bonds. The van der Waals surface area contributed by atoms with Gasteiger partial charge in [0.2, 0.25) is 10.0 Å². The topological polar surface area (TPSA) is 66.5 Å². The minimum Gasteiger partial charge on any atom is -0.320 e. The number of rotatable bonds is 4. The highest BCUT2D eigenvalue weighted by Gasteiger charge is 2.21. The number of hydrogen-bond donors (Lipinski definition) is 1. The van der Waals surface area contributed by atoms with Crippen LogP contribution >= 0.6 is 23.2 Å². The first-order chi connectivity index (χ1) is 11.5. The van der Waals surface area contributed by atoms with E-state index in [0.717, 1.165) is 15.4 Å². The highest BCUT2D eigenvalue weighted by molar-refractivity contribution is 7.89. The second-order valence-electron chi connectivity index (χ2n) is 5.82. The fourth-order valence-electron chi connectivity index (χ4n) is 2.30. The van der Waals surface area contributed by atoms with E-state index >= 15 is 0 Å². The molecule has 0 atom stereocenters. The number of anilines is 1. The molecule has 2 aromatic carbocycles. The zero-order chi connectivity index (χ0) is 18.9. The van der Waals surface area contributed by atoms with Gasteiger partial charge in [0.1, 0.15) is 0 Å². The van der Waals surface area contributed by atoms with Crippen molar-refractivity contribution in [2.45, 2.75) is 18.7 Å². The molecule has 0 aliphatic carbocycles. The number of benzene rings is 2. The van der Waals surface area contributed by atoms with Crippen LogP contribution < -0.4 is 5.32 Å². The van der Waals surface area contributed by atoms with E-state index in [0.29, 0.717) is 10.7 Å². The third-order valence-electron chi connectivity index (χ3n) is 3.63. The number of hydrogen-bond acceptors (Lipinski definition) is 3. The molecule has 0 spiro atoms. The highest BCUT2D eigenvalue weighted by atomic mass is 35.5. The van der Waals surface area contributed by atoms with Crippen molar-refractivity contribution in [2.24, 2.45) is 0 Å². The number of carbonyl (C=O) groups is 1. The Morgan fingerprint density at radius 1 is 1.04 bits per heavy atom. The van der Waals surface area contributed by atoms with Gasteiger partial charge in [-0.15, -0.1) is 0 Å². The molecule has 25 heavy (non-hydrogen) atoms. The van der Waals surface area contributed by atoms with Gasteiger partial charge in [0, 0.05) is 14.1 Å². The summed E-state index contributed by atoms with van der Waals surface area (Å²) in [5.41, 5.74) is 2.29. The predicted octanol–water partition coefficient (Wildman–Crippen LogP) is 4.11. The van der Waals surface area contributed by atoms with Gasteiger partial charge in [0.15, 0.2) is 0 Å². The zero-order valence-corrected chi connectivity index (χ0v) is 16.6. The van der Waals surface area contributed by atoms with E-state index in [9.17, 15) is 13.2 Å². The molecule has 0 saturated carbocycles. The summed E-state index contributed by atoms with van der Waals surface area (Å²) >= 11 is 12.3. The molecule has 0 radical (unpaired) electrons. The van der Waals surface area contributed by atoms with Crippen LogP contribution in [0.15, 0.2) is 35.2 Å². The molecule has 134 valence electrons. The smallest absolute Gasteiger partial charge is 0.257 e. The Labute approximate surface area is 157 Å². The van der Waals surface area contributed by atoms with Crippen LogP contribution in [0.1, 0.15) is 21.5 Å². The van der Waals surface area contributed by atoms with Crippen LogP contribution in [0.25, 0.3) is 0 Å². The van der Waals surface area contributed by atoms with E-state index in [1.165, 1.54) is 32.3 Å². The molecule has 1 N–H and O–H groups in total. The van der Waals surface area contributed by atoms with Gasteiger partial charge < -0.3 is 5.32 Å². The van der Waals surface area contributed by atoms with Crippen LogP contribution in [-0.2, 0) is 10.0 Å². The molecular weight excluding hydrogens is 383 g/mol. The Balaban J connectivity index is 2.44. The van der Waals surface area contributed by atoms with Crippen molar-refractivity contribution < 1.29 is 13.2 Å². The van der Waals surface area contributed by atoms with E-state index in [4.69, 9.17) is 23.2 Å². The summed E-state index contributed by atoms with van der Waals surface area (Å²) in [7, 11) is -0.844. The summed E-state index contributed by atoms with van der Waals surface area (Å²) in [6, 6.07) is 7.62. The van der Waals surface area contributed by atoms with E-state index < -0.39 is 15.9 Å². The lowest BCUT2D eigenvalue weighted by Gasteiger charge is -2.15. The number of halogens is 2. The fourth-order valence-corrected chi connectivity index (χ4v) is 3.80. The van der Waals surface area contributed by atoms with Gasteiger partial charge in [0.25, 0.3) is 5.91 Å². The largest absolute Gasteiger partial charge is 0.320 e. The second kappa shape index (κ2) is 7.33. The first kappa shape index (κ1) is 19.7.